The van der Waals surface area contributed by atoms with Crippen LogP contribution in [0.3, 0.4) is 0 Å². The van der Waals surface area contributed by atoms with Crippen LogP contribution in [0.2, 0.25) is 0 Å². The van der Waals surface area contributed by atoms with Crippen molar-refractivity contribution >= 4 is 5.91 Å². The number of aryl methyl sites for hydroxylation is 1. The summed E-state index contributed by atoms with van der Waals surface area (Å²) >= 11 is 0. The molecule has 0 saturated carbocycles. The quantitative estimate of drug-likeness (QED) is 0.718. The van der Waals surface area contributed by atoms with E-state index in [4.69, 9.17) is 9.52 Å². The van der Waals surface area contributed by atoms with Gasteiger partial charge in [-0.1, -0.05) is 17.7 Å². The molecule has 0 radical (unpaired) electrons. The van der Waals surface area contributed by atoms with Crippen molar-refractivity contribution in [1.29, 1.82) is 0 Å². The van der Waals surface area contributed by atoms with Crippen LogP contribution in [0.25, 0.3) is 22.9 Å². The molecule has 1 N–H and O–H groups in total. The Labute approximate surface area is 169 Å². The summed E-state index contributed by atoms with van der Waals surface area (Å²) in [6, 6.07) is 15.2. The first-order valence-electron chi connectivity index (χ1n) is 9.77. The van der Waals surface area contributed by atoms with Crippen LogP contribution in [0.15, 0.2) is 52.9 Å². The van der Waals surface area contributed by atoms with Crippen molar-refractivity contribution in [2.75, 3.05) is 39.3 Å². The van der Waals surface area contributed by atoms with Crippen LogP contribution >= 0.6 is 0 Å². The van der Waals surface area contributed by atoms with Crippen molar-refractivity contribution in [2.24, 2.45) is 0 Å². The summed E-state index contributed by atoms with van der Waals surface area (Å²) in [7, 11) is 0. The van der Waals surface area contributed by atoms with Crippen molar-refractivity contribution in [1.82, 2.24) is 20.0 Å². The van der Waals surface area contributed by atoms with Crippen LogP contribution in [0.4, 0.5) is 0 Å². The zero-order valence-corrected chi connectivity index (χ0v) is 16.4. The van der Waals surface area contributed by atoms with Gasteiger partial charge in [0, 0.05) is 49.4 Å². The maximum Gasteiger partial charge on any atom is 0.253 e. The summed E-state index contributed by atoms with van der Waals surface area (Å²) in [5.41, 5.74) is 3.43. The minimum Gasteiger partial charge on any atom is -0.416 e. The molecular formula is C22H24N4O3. The van der Waals surface area contributed by atoms with Crippen molar-refractivity contribution < 1.29 is 14.3 Å². The topological polar surface area (TPSA) is 82.7 Å². The van der Waals surface area contributed by atoms with E-state index in [2.05, 4.69) is 15.1 Å². The number of hydrogen-bond acceptors (Lipinski definition) is 6. The van der Waals surface area contributed by atoms with E-state index in [9.17, 15) is 4.79 Å². The van der Waals surface area contributed by atoms with Crippen LogP contribution in [-0.4, -0.2) is 70.3 Å². The number of piperazine rings is 1. The summed E-state index contributed by atoms with van der Waals surface area (Å²) in [4.78, 5) is 16.8. The number of carbonyl (C=O) groups is 1. The third-order valence-corrected chi connectivity index (χ3v) is 5.14. The Morgan fingerprint density at radius 2 is 1.69 bits per heavy atom. The zero-order chi connectivity index (χ0) is 20.2. The molecule has 0 aliphatic carbocycles. The molecule has 7 nitrogen and oxygen atoms in total. The highest BCUT2D eigenvalue weighted by atomic mass is 16.4. The number of aliphatic hydroxyl groups excluding tert-OH is 1. The molecule has 1 amide bonds. The Kier molecular flexibility index (Phi) is 5.69. The molecule has 1 fully saturated rings. The molecule has 150 valence electrons. The highest BCUT2D eigenvalue weighted by Crippen LogP contribution is 2.25. The van der Waals surface area contributed by atoms with Crippen molar-refractivity contribution in [3.8, 4) is 22.9 Å². The SMILES string of the molecule is Cc1cccc(-c2nnc(-c3ccc(C(=O)N4CCN(CCO)CC4)cc3)o2)c1. The predicted octanol–water partition coefficient (Wildman–Crippen LogP) is 2.46. The fraction of sp³-hybridized carbons (Fsp3) is 0.318. The molecule has 0 spiro atoms. The van der Waals surface area contributed by atoms with Crippen LogP contribution in [0, 0.1) is 6.92 Å². The lowest BCUT2D eigenvalue weighted by molar-refractivity contribution is 0.0615. The van der Waals surface area contributed by atoms with E-state index in [1.165, 1.54) is 0 Å². The number of amides is 1. The molecule has 2 heterocycles. The van der Waals surface area contributed by atoms with Crippen molar-refractivity contribution in [3.63, 3.8) is 0 Å². The molecule has 1 aliphatic rings. The molecule has 1 aromatic heterocycles. The molecule has 0 bridgehead atoms. The molecule has 2 aromatic carbocycles. The fourth-order valence-electron chi connectivity index (χ4n) is 3.49. The van der Waals surface area contributed by atoms with Crippen LogP contribution in [0.5, 0.6) is 0 Å². The maximum atomic E-state index is 12.7. The molecule has 1 saturated heterocycles. The van der Waals surface area contributed by atoms with E-state index >= 15 is 0 Å². The molecule has 29 heavy (non-hydrogen) atoms. The molecule has 7 heteroatoms. The number of aromatic nitrogens is 2. The van der Waals surface area contributed by atoms with Gasteiger partial charge in [0.05, 0.1) is 6.61 Å². The molecular weight excluding hydrogens is 368 g/mol. The first-order chi connectivity index (χ1) is 14.1. The van der Waals surface area contributed by atoms with Crippen molar-refractivity contribution in [2.45, 2.75) is 6.92 Å². The van der Waals surface area contributed by atoms with E-state index in [0.717, 1.165) is 29.8 Å². The monoisotopic (exact) mass is 392 g/mol. The van der Waals surface area contributed by atoms with E-state index < -0.39 is 0 Å². The summed E-state index contributed by atoms with van der Waals surface area (Å²) in [6.45, 7) is 5.74. The average Bonchev–Trinajstić information content (AvgIpc) is 3.25. The molecule has 3 aromatic rings. The van der Waals surface area contributed by atoms with Gasteiger partial charge >= 0.3 is 0 Å². The van der Waals surface area contributed by atoms with Gasteiger partial charge in [0.1, 0.15) is 0 Å². The summed E-state index contributed by atoms with van der Waals surface area (Å²) in [5.74, 6) is 0.925. The van der Waals surface area contributed by atoms with E-state index in [1.54, 1.807) is 12.1 Å². The largest absolute Gasteiger partial charge is 0.416 e. The second-order valence-electron chi connectivity index (χ2n) is 7.22. The second kappa shape index (κ2) is 8.55. The lowest BCUT2D eigenvalue weighted by Crippen LogP contribution is -2.49. The van der Waals surface area contributed by atoms with Gasteiger partial charge in [0.15, 0.2) is 0 Å². The minimum atomic E-state index is 0.0196. The van der Waals surface area contributed by atoms with Crippen LogP contribution in [-0.2, 0) is 0 Å². The van der Waals surface area contributed by atoms with Crippen LogP contribution < -0.4 is 0 Å². The third kappa shape index (κ3) is 4.36. The van der Waals surface area contributed by atoms with Gasteiger partial charge in [-0.3, -0.25) is 9.69 Å². The van der Waals surface area contributed by atoms with Gasteiger partial charge in [-0.15, -0.1) is 10.2 Å². The van der Waals surface area contributed by atoms with Crippen LogP contribution in [0.1, 0.15) is 15.9 Å². The Morgan fingerprint density at radius 1 is 1.00 bits per heavy atom. The lowest BCUT2D eigenvalue weighted by Gasteiger charge is -2.34. The Bertz CT molecular complexity index is 976. The van der Waals surface area contributed by atoms with Crippen molar-refractivity contribution in [3.05, 3.63) is 59.7 Å². The smallest absolute Gasteiger partial charge is 0.253 e. The van der Waals surface area contributed by atoms with E-state index in [1.807, 2.05) is 48.2 Å². The Hall–Kier alpha value is -3.03. The van der Waals surface area contributed by atoms with Gasteiger partial charge in [0.25, 0.3) is 5.91 Å². The molecule has 0 atom stereocenters. The number of aliphatic hydroxyl groups is 1. The normalized spacial score (nSPS) is 14.9. The highest BCUT2D eigenvalue weighted by molar-refractivity contribution is 5.94. The molecule has 0 unspecified atom stereocenters. The predicted molar refractivity (Wildman–Crippen MR) is 109 cm³/mol. The number of nitrogens with zero attached hydrogens (tertiary/aromatic N) is 4. The standard InChI is InChI=1S/C22H24N4O3/c1-16-3-2-4-19(15-16)21-24-23-20(29-21)17-5-7-18(8-6-17)22(28)26-11-9-25(10-12-26)13-14-27/h2-8,15,27H,9-14H2,1H3. The third-order valence-electron chi connectivity index (χ3n) is 5.14. The maximum absolute atomic E-state index is 12.7. The number of rotatable bonds is 5. The summed E-state index contributed by atoms with van der Waals surface area (Å²) in [5, 5.41) is 17.3. The summed E-state index contributed by atoms with van der Waals surface area (Å²) in [6.07, 6.45) is 0. The van der Waals surface area contributed by atoms with Gasteiger partial charge in [-0.2, -0.15) is 0 Å². The number of carbonyl (C=O) groups excluding carboxylic acids is 1. The first-order valence-corrected chi connectivity index (χ1v) is 9.77. The number of β-amino-alcohol motifs (C(OH)–C–C–N with tert-alkyl or cyclic N) is 1. The van der Waals surface area contributed by atoms with E-state index in [0.29, 0.717) is 37.0 Å². The summed E-state index contributed by atoms with van der Waals surface area (Å²) < 4.78 is 5.82. The zero-order valence-electron chi connectivity index (χ0n) is 16.4. The highest BCUT2D eigenvalue weighted by Gasteiger charge is 2.22. The lowest BCUT2D eigenvalue weighted by atomic mass is 10.1. The van der Waals surface area contributed by atoms with Gasteiger partial charge < -0.3 is 14.4 Å². The van der Waals surface area contributed by atoms with Gasteiger partial charge in [0.2, 0.25) is 11.8 Å². The number of benzene rings is 2. The fourth-order valence-corrected chi connectivity index (χ4v) is 3.49. The van der Waals surface area contributed by atoms with E-state index in [-0.39, 0.29) is 12.5 Å². The Balaban J connectivity index is 1.44. The second-order valence-corrected chi connectivity index (χ2v) is 7.22. The average molecular weight is 392 g/mol. The minimum absolute atomic E-state index is 0.0196. The Morgan fingerprint density at radius 3 is 2.34 bits per heavy atom. The molecule has 4 rings (SSSR count). The van der Waals surface area contributed by atoms with Gasteiger partial charge in [-0.05, 0) is 43.3 Å². The van der Waals surface area contributed by atoms with Gasteiger partial charge in [-0.25, -0.2) is 0 Å². The number of hydrogen-bond donors (Lipinski definition) is 1. The first kappa shape index (κ1) is 19.3. The molecule has 1 aliphatic heterocycles.